The molecule has 0 bridgehead atoms. The second kappa shape index (κ2) is 6.50. The number of nitrogens with zero attached hydrogens (tertiary/aromatic N) is 1. The third kappa shape index (κ3) is 3.49. The Morgan fingerprint density at radius 3 is 2.38 bits per heavy atom. The van der Waals surface area contributed by atoms with Gasteiger partial charge >= 0.3 is 0 Å². The minimum Gasteiger partial charge on any atom is -0.326 e. The van der Waals surface area contributed by atoms with Gasteiger partial charge in [-0.05, 0) is 67.8 Å². The van der Waals surface area contributed by atoms with Crippen LogP contribution in [0.2, 0.25) is 0 Å². The number of likely N-dealkylation sites (tertiary alicyclic amines) is 1. The minimum atomic E-state index is 0.646. The molecule has 3 rings (SSSR count). The summed E-state index contributed by atoms with van der Waals surface area (Å²) in [5.41, 5.74) is 10.6. The lowest BCUT2D eigenvalue weighted by molar-refractivity contribution is 0.0640. The van der Waals surface area contributed by atoms with Crippen LogP contribution in [-0.4, -0.2) is 18.0 Å². The Morgan fingerprint density at radius 2 is 1.76 bits per heavy atom. The number of benzene rings is 1. The van der Waals surface area contributed by atoms with Crippen LogP contribution >= 0.6 is 0 Å². The van der Waals surface area contributed by atoms with Gasteiger partial charge in [-0.15, -0.1) is 0 Å². The van der Waals surface area contributed by atoms with Crippen LogP contribution in [0, 0.1) is 12.3 Å². The van der Waals surface area contributed by atoms with E-state index < -0.39 is 0 Å². The second-order valence-corrected chi connectivity index (χ2v) is 7.30. The van der Waals surface area contributed by atoms with Crippen molar-refractivity contribution in [2.75, 3.05) is 13.1 Å². The summed E-state index contributed by atoms with van der Waals surface area (Å²) in [6.45, 7) is 6.57. The molecule has 1 aromatic rings. The van der Waals surface area contributed by atoms with Crippen LogP contribution in [0.5, 0.6) is 0 Å². The van der Waals surface area contributed by atoms with Crippen LogP contribution in [0.1, 0.15) is 61.6 Å². The van der Waals surface area contributed by atoms with E-state index in [1.54, 1.807) is 0 Å². The Labute approximate surface area is 129 Å². The van der Waals surface area contributed by atoms with Crippen molar-refractivity contribution >= 4 is 0 Å². The number of aryl methyl sites for hydroxylation is 1. The summed E-state index contributed by atoms with van der Waals surface area (Å²) in [7, 11) is 0. The van der Waals surface area contributed by atoms with Crippen molar-refractivity contribution in [2.24, 2.45) is 11.1 Å². The minimum absolute atomic E-state index is 0.646. The first-order chi connectivity index (χ1) is 10.2. The average molecular weight is 286 g/mol. The maximum Gasteiger partial charge on any atom is 0.0236 e. The molecule has 0 atom stereocenters. The van der Waals surface area contributed by atoms with E-state index in [9.17, 15) is 0 Å². The molecular weight excluding hydrogens is 256 g/mol. The monoisotopic (exact) mass is 286 g/mol. The van der Waals surface area contributed by atoms with Gasteiger partial charge in [-0.2, -0.15) is 0 Å². The molecular formula is C19H30N2. The summed E-state index contributed by atoms with van der Waals surface area (Å²) in [6.07, 6.45) is 10.2. The van der Waals surface area contributed by atoms with Gasteiger partial charge in [-0.1, -0.05) is 37.5 Å². The molecule has 0 unspecified atom stereocenters. The quantitative estimate of drug-likeness (QED) is 0.910. The molecule has 2 aliphatic rings. The topological polar surface area (TPSA) is 29.3 Å². The van der Waals surface area contributed by atoms with Crippen LogP contribution < -0.4 is 5.73 Å². The highest BCUT2D eigenvalue weighted by Gasteiger charge is 2.35. The fourth-order valence-corrected chi connectivity index (χ4v) is 4.29. The maximum absolute atomic E-state index is 5.72. The van der Waals surface area contributed by atoms with E-state index in [2.05, 4.69) is 30.0 Å². The van der Waals surface area contributed by atoms with Crippen molar-refractivity contribution in [3.8, 4) is 0 Å². The first-order valence-electron chi connectivity index (χ1n) is 8.72. The van der Waals surface area contributed by atoms with Gasteiger partial charge in [0.05, 0.1) is 0 Å². The fourth-order valence-electron chi connectivity index (χ4n) is 4.29. The van der Waals surface area contributed by atoms with E-state index in [0.717, 1.165) is 6.54 Å². The average Bonchev–Trinajstić information content (AvgIpc) is 2.52. The summed E-state index contributed by atoms with van der Waals surface area (Å²) in [6, 6.07) is 6.72. The van der Waals surface area contributed by atoms with Gasteiger partial charge in [0.2, 0.25) is 0 Å². The van der Waals surface area contributed by atoms with Crippen molar-refractivity contribution < 1.29 is 0 Å². The van der Waals surface area contributed by atoms with Gasteiger partial charge in [0.25, 0.3) is 0 Å². The zero-order chi connectivity index (χ0) is 14.7. The molecule has 1 aliphatic carbocycles. The summed E-state index contributed by atoms with van der Waals surface area (Å²) >= 11 is 0. The molecule has 1 aliphatic heterocycles. The molecule has 2 heteroatoms. The SMILES string of the molecule is Cc1cc(CN)ccc1CN1CCC2(CCCCC2)CC1. The molecule has 1 saturated heterocycles. The number of rotatable bonds is 3. The largest absolute Gasteiger partial charge is 0.326 e. The van der Waals surface area contributed by atoms with E-state index in [4.69, 9.17) is 5.73 Å². The smallest absolute Gasteiger partial charge is 0.0236 e. The lowest BCUT2D eigenvalue weighted by atomic mass is 9.68. The molecule has 0 radical (unpaired) electrons. The molecule has 1 spiro atoms. The van der Waals surface area contributed by atoms with E-state index >= 15 is 0 Å². The molecule has 1 saturated carbocycles. The Balaban J connectivity index is 1.57. The van der Waals surface area contributed by atoms with Crippen LogP contribution in [0.3, 0.4) is 0 Å². The molecule has 1 heterocycles. The predicted octanol–water partition coefficient (Wildman–Crippen LogP) is 4.00. The third-order valence-electron chi connectivity index (χ3n) is 5.87. The highest BCUT2D eigenvalue weighted by Crippen LogP contribution is 2.44. The lowest BCUT2D eigenvalue weighted by Crippen LogP contribution is -2.40. The zero-order valence-electron chi connectivity index (χ0n) is 13.5. The van der Waals surface area contributed by atoms with Gasteiger partial charge in [0, 0.05) is 13.1 Å². The zero-order valence-corrected chi connectivity index (χ0v) is 13.5. The Morgan fingerprint density at radius 1 is 1.05 bits per heavy atom. The van der Waals surface area contributed by atoms with Crippen LogP contribution in [0.25, 0.3) is 0 Å². The second-order valence-electron chi connectivity index (χ2n) is 7.30. The molecule has 0 aromatic heterocycles. The Bertz CT molecular complexity index is 464. The van der Waals surface area contributed by atoms with Gasteiger partial charge in [0.15, 0.2) is 0 Å². The van der Waals surface area contributed by atoms with Crippen molar-refractivity contribution in [3.63, 3.8) is 0 Å². The standard InChI is InChI=1S/C19H30N2/c1-16-13-17(14-20)5-6-18(16)15-21-11-9-19(10-12-21)7-3-2-4-8-19/h5-6,13H,2-4,7-12,14-15,20H2,1H3. The van der Waals surface area contributed by atoms with E-state index in [-0.39, 0.29) is 0 Å². The summed E-state index contributed by atoms with van der Waals surface area (Å²) in [5.74, 6) is 0. The van der Waals surface area contributed by atoms with E-state index in [1.807, 2.05) is 0 Å². The molecule has 2 fully saturated rings. The van der Waals surface area contributed by atoms with Gasteiger partial charge in [-0.3, -0.25) is 4.90 Å². The Hall–Kier alpha value is -0.860. The maximum atomic E-state index is 5.72. The normalized spacial score (nSPS) is 22.6. The summed E-state index contributed by atoms with van der Waals surface area (Å²) in [5, 5.41) is 0. The Kier molecular flexibility index (Phi) is 4.66. The highest BCUT2D eigenvalue weighted by molar-refractivity contribution is 5.31. The number of hydrogen-bond donors (Lipinski definition) is 1. The van der Waals surface area contributed by atoms with Crippen molar-refractivity contribution in [3.05, 3.63) is 34.9 Å². The highest BCUT2D eigenvalue weighted by atomic mass is 15.1. The molecule has 21 heavy (non-hydrogen) atoms. The van der Waals surface area contributed by atoms with Gasteiger partial charge in [0.1, 0.15) is 0 Å². The third-order valence-corrected chi connectivity index (χ3v) is 5.87. The molecule has 2 N–H and O–H groups in total. The van der Waals surface area contributed by atoms with Crippen molar-refractivity contribution in [2.45, 2.75) is 65.0 Å². The van der Waals surface area contributed by atoms with Crippen LogP contribution in [0.4, 0.5) is 0 Å². The van der Waals surface area contributed by atoms with Crippen molar-refractivity contribution in [1.29, 1.82) is 0 Å². The first-order valence-corrected chi connectivity index (χ1v) is 8.72. The fraction of sp³-hybridized carbons (Fsp3) is 0.684. The molecule has 116 valence electrons. The predicted molar refractivity (Wildman–Crippen MR) is 89.1 cm³/mol. The lowest BCUT2D eigenvalue weighted by Gasteiger charge is -2.44. The van der Waals surface area contributed by atoms with Gasteiger partial charge in [-0.25, -0.2) is 0 Å². The van der Waals surface area contributed by atoms with Crippen molar-refractivity contribution in [1.82, 2.24) is 4.90 Å². The molecule has 0 amide bonds. The first kappa shape index (κ1) is 15.1. The summed E-state index contributed by atoms with van der Waals surface area (Å²) < 4.78 is 0. The molecule has 2 nitrogen and oxygen atoms in total. The van der Waals surface area contributed by atoms with Gasteiger partial charge < -0.3 is 5.73 Å². The molecule has 1 aromatic carbocycles. The number of nitrogens with two attached hydrogens (primary N) is 1. The number of hydrogen-bond acceptors (Lipinski definition) is 2. The van der Waals surface area contributed by atoms with E-state index in [1.165, 1.54) is 74.7 Å². The van der Waals surface area contributed by atoms with Crippen LogP contribution in [0.15, 0.2) is 18.2 Å². The summed E-state index contributed by atoms with van der Waals surface area (Å²) in [4.78, 5) is 2.66. The van der Waals surface area contributed by atoms with Crippen LogP contribution in [-0.2, 0) is 13.1 Å². The van der Waals surface area contributed by atoms with E-state index in [0.29, 0.717) is 12.0 Å². The number of piperidine rings is 1.